The third kappa shape index (κ3) is 6.99. The summed E-state index contributed by atoms with van der Waals surface area (Å²) in [5.41, 5.74) is 3.45. The van der Waals surface area contributed by atoms with Crippen molar-refractivity contribution in [2.45, 2.75) is 65.5 Å². The zero-order valence-electron chi connectivity index (χ0n) is 26.0. The van der Waals surface area contributed by atoms with E-state index in [1.807, 2.05) is 20.8 Å². The fourth-order valence-electron chi connectivity index (χ4n) is 5.78. The van der Waals surface area contributed by atoms with E-state index < -0.39 is 18.0 Å². The number of ether oxygens (including phenoxy) is 1. The van der Waals surface area contributed by atoms with Gasteiger partial charge in [-0.05, 0) is 64.3 Å². The second kappa shape index (κ2) is 14.1. The van der Waals surface area contributed by atoms with Gasteiger partial charge in [0.2, 0.25) is 5.91 Å². The van der Waals surface area contributed by atoms with Gasteiger partial charge < -0.3 is 24.8 Å². The number of carbonyl (C=O) groups excluding carboxylic acids is 3. The highest BCUT2D eigenvalue weighted by Gasteiger charge is 2.39. The molecule has 2 bridgehead atoms. The highest BCUT2D eigenvalue weighted by molar-refractivity contribution is 6.31. The molecule has 12 heteroatoms. The van der Waals surface area contributed by atoms with Gasteiger partial charge in [0.1, 0.15) is 11.7 Å². The van der Waals surface area contributed by atoms with E-state index in [2.05, 4.69) is 20.6 Å². The van der Waals surface area contributed by atoms with Crippen LogP contribution in [0.25, 0.3) is 11.3 Å². The Balaban J connectivity index is 1.68. The first-order valence-corrected chi connectivity index (χ1v) is 15.1. The Bertz CT molecular complexity index is 1510. The number of imidazole rings is 1. The van der Waals surface area contributed by atoms with Crippen LogP contribution in [-0.2, 0) is 9.53 Å². The maximum absolute atomic E-state index is 15.5. The van der Waals surface area contributed by atoms with Crippen molar-refractivity contribution in [2.24, 2.45) is 5.92 Å². The Labute approximate surface area is 262 Å². The third-order valence-corrected chi connectivity index (χ3v) is 8.43. The molecule has 4 amide bonds. The smallest absolute Gasteiger partial charge is 0.411 e. The zero-order valence-corrected chi connectivity index (χ0v) is 26.7. The molecule has 3 atom stereocenters. The van der Waals surface area contributed by atoms with Crippen molar-refractivity contribution < 1.29 is 23.5 Å². The van der Waals surface area contributed by atoms with Crippen molar-refractivity contribution in [2.75, 3.05) is 31.3 Å². The molecule has 0 saturated carbocycles. The van der Waals surface area contributed by atoms with Crippen LogP contribution in [0, 0.1) is 5.92 Å². The summed E-state index contributed by atoms with van der Waals surface area (Å²) in [6, 6.07) is 4.03. The van der Waals surface area contributed by atoms with Gasteiger partial charge in [-0.2, -0.15) is 0 Å². The van der Waals surface area contributed by atoms with Crippen LogP contribution in [0.1, 0.15) is 65.2 Å². The number of allylic oxidation sites excluding steroid dienone is 4. The van der Waals surface area contributed by atoms with Crippen LogP contribution in [0.15, 0.2) is 58.6 Å². The summed E-state index contributed by atoms with van der Waals surface area (Å²) in [5.74, 6) is -0.369. The van der Waals surface area contributed by atoms with Crippen LogP contribution in [0.5, 0.6) is 0 Å². The lowest BCUT2D eigenvalue weighted by atomic mass is 9.93. The Morgan fingerprint density at radius 2 is 1.98 bits per heavy atom. The fraction of sp³-hybridized carbons (Fsp3) is 0.438. The number of amides is 4. The number of hydrogen-bond acceptors (Lipinski definition) is 5. The quantitative estimate of drug-likeness (QED) is 0.297. The summed E-state index contributed by atoms with van der Waals surface area (Å²) < 4.78 is 20.2. The number of methoxy groups -OCH3 is 1. The molecule has 1 fully saturated rings. The van der Waals surface area contributed by atoms with Gasteiger partial charge >= 0.3 is 12.1 Å². The summed E-state index contributed by atoms with van der Waals surface area (Å²) in [4.78, 5) is 50.3. The summed E-state index contributed by atoms with van der Waals surface area (Å²) in [6.45, 7) is 7.65. The largest absolute Gasteiger partial charge is 0.453 e. The number of nitrogens with one attached hydrogen (secondary N) is 3. The molecule has 2 aliphatic heterocycles. The summed E-state index contributed by atoms with van der Waals surface area (Å²) in [5, 5.41) is 5.62. The van der Waals surface area contributed by atoms with E-state index in [-0.39, 0.29) is 28.9 Å². The van der Waals surface area contributed by atoms with Crippen molar-refractivity contribution in [3.05, 3.63) is 64.4 Å². The summed E-state index contributed by atoms with van der Waals surface area (Å²) in [6.07, 6.45) is 6.56. The molecular formula is C32H40ClFN6O4. The summed E-state index contributed by atoms with van der Waals surface area (Å²) >= 11 is 6.24. The number of rotatable bonds is 5. The average Bonchev–Trinajstić information content (AvgIpc) is 3.47. The molecule has 44 heavy (non-hydrogen) atoms. The minimum Gasteiger partial charge on any atom is -0.453 e. The minimum absolute atomic E-state index is 0.000969. The number of nitrogens with zero attached hydrogens (tertiary/aromatic N) is 3. The molecule has 4 rings (SSSR count). The molecule has 3 unspecified atom stereocenters. The highest BCUT2D eigenvalue weighted by atomic mass is 35.5. The maximum Gasteiger partial charge on any atom is 0.411 e. The molecule has 1 aromatic carbocycles. The lowest BCUT2D eigenvalue weighted by Gasteiger charge is -2.43. The van der Waals surface area contributed by atoms with Crippen LogP contribution in [0.3, 0.4) is 0 Å². The number of fused-ring (bicyclic) bond motifs is 4. The van der Waals surface area contributed by atoms with E-state index in [0.717, 1.165) is 5.57 Å². The minimum atomic E-state index is -0.626. The molecule has 2 aliphatic rings. The highest BCUT2D eigenvalue weighted by Crippen LogP contribution is 2.38. The number of H-pyrrole nitrogens is 1. The molecule has 3 heterocycles. The number of urea groups is 1. The number of hydrogen-bond donors (Lipinski definition) is 3. The van der Waals surface area contributed by atoms with E-state index in [1.165, 1.54) is 13.2 Å². The topological polar surface area (TPSA) is 120 Å². The second-order valence-corrected chi connectivity index (χ2v) is 11.8. The van der Waals surface area contributed by atoms with Crippen LogP contribution < -0.4 is 10.6 Å². The molecule has 3 N–H and O–H groups in total. The first kappa shape index (κ1) is 32.8. The number of aromatic nitrogens is 2. The Kier molecular flexibility index (Phi) is 10.5. The van der Waals surface area contributed by atoms with Gasteiger partial charge in [-0.1, -0.05) is 36.6 Å². The zero-order chi connectivity index (χ0) is 32.1. The first-order chi connectivity index (χ1) is 21.0. The van der Waals surface area contributed by atoms with Crippen molar-refractivity contribution in [3.8, 4) is 11.3 Å². The first-order valence-electron chi connectivity index (χ1n) is 14.7. The van der Waals surface area contributed by atoms with Gasteiger partial charge in [-0.15, -0.1) is 0 Å². The molecule has 1 saturated heterocycles. The fourth-order valence-corrected chi connectivity index (χ4v) is 6.01. The monoisotopic (exact) mass is 626 g/mol. The molecule has 236 valence electrons. The lowest BCUT2D eigenvalue weighted by molar-refractivity contribution is -0.119. The van der Waals surface area contributed by atoms with Crippen LogP contribution >= 0.6 is 11.6 Å². The number of benzene rings is 1. The molecule has 0 spiro atoms. The van der Waals surface area contributed by atoms with Crippen LogP contribution in [-0.4, -0.2) is 64.5 Å². The van der Waals surface area contributed by atoms with Crippen LogP contribution in [0.4, 0.5) is 25.4 Å². The van der Waals surface area contributed by atoms with Crippen molar-refractivity contribution in [1.29, 1.82) is 0 Å². The number of halogens is 2. The van der Waals surface area contributed by atoms with E-state index in [0.29, 0.717) is 66.3 Å². The molecular weight excluding hydrogens is 587 g/mol. The third-order valence-electron chi connectivity index (χ3n) is 8.14. The molecule has 2 aromatic rings. The van der Waals surface area contributed by atoms with Gasteiger partial charge in [0.25, 0.3) is 0 Å². The van der Waals surface area contributed by atoms with Gasteiger partial charge in [-0.25, -0.2) is 19.0 Å². The second-order valence-electron chi connectivity index (χ2n) is 11.4. The number of likely N-dealkylation sites (N-methyl/N-ethyl adjacent to an activating group) is 1. The van der Waals surface area contributed by atoms with Gasteiger partial charge in [-0.3, -0.25) is 10.1 Å². The van der Waals surface area contributed by atoms with E-state index in [9.17, 15) is 14.4 Å². The van der Waals surface area contributed by atoms with E-state index >= 15 is 4.39 Å². The standard InChI is InChI=1S/C32H40ClFN6O4/c1-7-9-22(33)28(34)27(18(2)3)25-14-15-40(32(43)39(25)5)26-11-8-10-19(4)30(41)38-23-16-20(36-31(42)44-6)12-13-21(23)24-17-35-29(26)37-24/h7,9,12-13,16-17,19,25-26H,8,10-11,14-15H2,1-6H3,(H,35,37)(H,36,42)(H,38,41)/b9-7-,28-22-. The SMILES string of the molecule is C/C=C\C(Cl)=C(\F)C(=C(C)C)C1CCN(C2CCCC(C)C(=O)Nc3cc(NC(=O)OC)ccc3-c3cnc2[nH]3)C(=O)N1C. The van der Waals surface area contributed by atoms with Crippen molar-refractivity contribution in [3.63, 3.8) is 0 Å². The Morgan fingerprint density at radius 1 is 1.23 bits per heavy atom. The average molecular weight is 627 g/mol. The van der Waals surface area contributed by atoms with Crippen molar-refractivity contribution in [1.82, 2.24) is 19.8 Å². The Hall–Kier alpha value is -4.12. The number of anilines is 2. The summed E-state index contributed by atoms with van der Waals surface area (Å²) in [7, 11) is 2.96. The molecule has 0 aliphatic carbocycles. The van der Waals surface area contributed by atoms with Gasteiger partial charge in [0, 0.05) is 36.3 Å². The van der Waals surface area contributed by atoms with E-state index in [1.54, 1.807) is 54.2 Å². The predicted molar refractivity (Wildman–Crippen MR) is 170 cm³/mol. The predicted octanol–water partition coefficient (Wildman–Crippen LogP) is 7.51. The lowest BCUT2D eigenvalue weighted by Crippen LogP contribution is -2.54. The normalized spacial score (nSPS) is 21.5. The number of carbonyl (C=O) groups is 3. The van der Waals surface area contributed by atoms with Gasteiger partial charge in [0.15, 0.2) is 0 Å². The maximum atomic E-state index is 15.5. The number of aromatic amines is 1. The van der Waals surface area contributed by atoms with E-state index in [4.69, 9.17) is 16.3 Å². The Morgan fingerprint density at radius 3 is 2.66 bits per heavy atom. The molecule has 1 aromatic heterocycles. The molecule has 10 nitrogen and oxygen atoms in total. The van der Waals surface area contributed by atoms with Crippen LogP contribution in [0.2, 0.25) is 0 Å². The van der Waals surface area contributed by atoms with Crippen molar-refractivity contribution >= 4 is 41.0 Å². The van der Waals surface area contributed by atoms with Gasteiger partial charge in [0.05, 0.1) is 41.8 Å². The molecule has 0 radical (unpaired) electrons.